The number of amides is 1. The van der Waals surface area contributed by atoms with Crippen molar-refractivity contribution in [1.82, 2.24) is 14.9 Å². The predicted molar refractivity (Wildman–Crippen MR) is 73.0 cm³/mol. The summed E-state index contributed by atoms with van der Waals surface area (Å²) in [5.41, 5.74) is 0.559. The smallest absolute Gasteiger partial charge is 0.416 e. The standard InChI is InChI=1S/C13H19N3O5/c1-8(3-4-11(17)18)12(19)15-9(2)5-10-6-16(7-14-10)13(20)21/h6-9H,3-5H2,1-2H3,(H,15,19)(H,17,18)(H,20,21)/t8?,9-/m1/s1. The first-order valence-corrected chi connectivity index (χ1v) is 6.58. The van der Waals surface area contributed by atoms with Gasteiger partial charge in [0.25, 0.3) is 0 Å². The zero-order valence-electron chi connectivity index (χ0n) is 11.9. The number of aromatic nitrogens is 2. The van der Waals surface area contributed by atoms with E-state index in [4.69, 9.17) is 10.2 Å². The summed E-state index contributed by atoms with van der Waals surface area (Å²) in [6.07, 6.45) is 2.10. The maximum absolute atomic E-state index is 11.8. The second kappa shape index (κ2) is 7.41. The number of hydrogen-bond acceptors (Lipinski definition) is 4. The van der Waals surface area contributed by atoms with Gasteiger partial charge in [0.2, 0.25) is 5.91 Å². The first-order chi connectivity index (χ1) is 9.79. The van der Waals surface area contributed by atoms with E-state index >= 15 is 0 Å². The van der Waals surface area contributed by atoms with Gasteiger partial charge in [-0.25, -0.2) is 14.3 Å². The molecule has 8 heteroatoms. The summed E-state index contributed by atoms with van der Waals surface area (Å²) >= 11 is 0. The molecule has 1 rings (SSSR count). The Labute approximate surface area is 121 Å². The lowest BCUT2D eigenvalue weighted by molar-refractivity contribution is -0.137. The molecule has 0 aliphatic heterocycles. The van der Waals surface area contributed by atoms with Crippen LogP contribution in [0.3, 0.4) is 0 Å². The predicted octanol–water partition coefficient (Wildman–Crippen LogP) is 0.957. The number of carbonyl (C=O) groups excluding carboxylic acids is 1. The van der Waals surface area contributed by atoms with Crippen LogP contribution in [0.4, 0.5) is 4.79 Å². The van der Waals surface area contributed by atoms with Crippen LogP contribution in [0.1, 0.15) is 32.4 Å². The van der Waals surface area contributed by atoms with Gasteiger partial charge in [-0.15, -0.1) is 0 Å². The molecule has 1 aromatic heterocycles. The topological polar surface area (TPSA) is 122 Å². The maximum atomic E-state index is 11.8. The van der Waals surface area contributed by atoms with Gasteiger partial charge in [0.1, 0.15) is 6.33 Å². The molecule has 0 radical (unpaired) electrons. The van der Waals surface area contributed by atoms with Gasteiger partial charge in [-0.1, -0.05) is 6.92 Å². The van der Waals surface area contributed by atoms with Crippen molar-refractivity contribution in [3.8, 4) is 0 Å². The van der Waals surface area contributed by atoms with Crippen LogP contribution < -0.4 is 5.32 Å². The molecule has 0 spiro atoms. The second-order valence-electron chi connectivity index (χ2n) is 5.00. The molecule has 3 N–H and O–H groups in total. The Morgan fingerprint density at radius 3 is 2.52 bits per heavy atom. The van der Waals surface area contributed by atoms with Crippen molar-refractivity contribution in [3.05, 3.63) is 18.2 Å². The molecule has 0 aliphatic carbocycles. The summed E-state index contributed by atoms with van der Waals surface area (Å²) in [6, 6.07) is -0.220. The first kappa shape index (κ1) is 16.7. The van der Waals surface area contributed by atoms with Crippen LogP contribution in [0.25, 0.3) is 0 Å². The lowest BCUT2D eigenvalue weighted by atomic mass is 10.0. The third kappa shape index (κ3) is 5.64. The van der Waals surface area contributed by atoms with Gasteiger partial charge in [-0.2, -0.15) is 0 Å². The molecule has 0 aliphatic rings. The molecular weight excluding hydrogens is 278 g/mol. The van der Waals surface area contributed by atoms with Gasteiger partial charge in [0.05, 0.1) is 5.69 Å². The fourth-order valence-electron chi connectivity index (χ4n) is 1.79. The van der Waals surface area contributed by atoms with Crippen LogP contribution in [0, 0.1) is 5.92 Å². The molecule has 2 atom stereocenters. The van der Waals surface area contributed by atoms with Crippen LogP contribution in [0.2, 0.25) is 0 Å². The summed E-state index contributed by atoms with van der Waals surface area (Å²) in [4.78, 5) is 36.9. The van der Waals surface area contributed by atoms with Gasteiger partial charge < -0.3 is 15.5 Å². The molecule has 1 aromatic rings. The zero-order valence-corrected chi connectivity index (χ0v) is 11.9. The molecule has 0 aromatic carbocycles. The summed E-state index contributed by atoms with van der Waals surface area (Å²) in [5.74, 6) is -1.54. The molecule has 0 saturated carbocycles. The molecule has 1 heterocycles. The largest absolute Gasteiger partial charge is 0.481 e. The number of carbonyl (C=O) groups is 3. The Morgan fingerprint density at radius 1 is 1.33 bits per heavy atom. The highest BCUT2D eigenvalue weighted by Crippen LogP contribution is 2.07. The fraction of sp³-hybridized carbons (Fsp3) is 0.538. The van der Waals surface area contributed by atoms with Crippen LogP contribution in [0.15, 0.2) is 12.5 Å². The normalized spacial score (nSPS) is 13.4. The lowest BCUT2D eigenvalue weighted by Gasteiger charge is -2.16. The molecule has 8 nitrogen and oxygen atoms in total. The number of aliphatic carboxylic acids is 1. The number of hydrogen-bond donors (Lipinski definition) is 3. The number of nitrogens with one attached hydrogen (secondary N) is 1. The quantitative estimate of drug-likeness (QED) is 0.689. The van der Waals surface area contributed by atoms with Crippen molar-refractivity contribution in [1.29, 1.82) is 0 Å². The van der Waals surface area contributed by atoms with E-state index in [0.717, 1.165) is 4.57 Å². The van der Waals surface area contributed by atoms with Crippen molar-refractivity contribution in [2.45, 2.75) is 39.2 Å². The van der Waals surface area contributed by atoms with Crippen LogP contribution in [-0.2, 0) is 16.0 Å². The van der Waals surface area contributed by atoms with Crippen molar-refractivity contribution in [2.75, 3.05) is 0 Å². The van der Waals surface area contributed by atoms with E-state index in [1.165, 1.54) is 12.5 Å². The number of nitrogens with zero attached hydrogens (tertiary/aromatic N) is 2. The number of imidazole rings is 1. The van der Waals surface area contributed by atoms with E-state index in [1.807, 2.05) is 0 Å². The highest BCUT2D eigenvalue weighted by atomic mass is 16.4. The molecular formula is C13H19N3O5. The lowest BCUT2D eigenvalue weighted by Crippen LogP contribution is -2.37. The minimum atomic E-state index is -1.12. The molecule has 1 amide bonds. The molecule has 0 fully saturated rings. The van der Waals surface area contributed by atoms with Gasteiger partial charge >= 0.3 is 12.1 Å². The first-order valence-electron chi connectivity index (χ1n) is 6.58. The van der Waals surface area contributed by atoms with Crippen molar-refractivity contribution >= 4 is 18.0 Å². The maximum Gasteiger partial charge on any atom is 0.416 e. The number of carboxylic acids is 1. The number of rotatable bonds is 7. The van der Waals surface area contributed by atoms with Gasteiger partial charge in [0.15, 0.2) is 0 Å². The SMILES string of the molecule is CC(CCC(=O)O)C(=O)N[C@H](C)Cc1cn(C(=O)O)cn1. The molecule has 21 heavy (non-hydrogen) atoms. The Bertz CT molecular complexity index is 526. The average molecular weight is 297 g/mol. The van der Waals surface area contributed by atoms with Crippen LogP contribution in [-0.4, -0.2) is 43.8 Å². The Kier molecular flexibility index (Phi) is 5.89. The van der Waals surface area contributed by atoms with Gasteiger partial charge in [-0.05, 0) is 13.3 Å². The third-order valence-corrected chi connectivity index (χ3v) is 3.00. The Morgan fingerprint density at radius 2 is 2.00 bits per heavy atom. The molecule has 1 unspecified atom stereocenters. The van der Waals surface area contributed by atoms with E-state index in [9.17, 15) is 14.4 Å². The Balaban J connectivity index is 2.44. The monoisotopic (exact) mass is 297 g/mol. The summed E-state index contributed by atoms with van der Waals surface area (Å²) in [6.45, 7) is 3.45. The minimum Gasteiger partial charge on any atom is -0.481 e. The molecule has 0 bridgehead atoms. The molecule has 116 valence electrons. The van der Waals surface area contributed by atoms with Crippen molar-refractivity contribution in [2.24, 2.45) is 5.92 Å². The van der Waals surface area contributed by atoms with Crippen LogP contribution in [0.5, 0.6) is 0 Å². The highest BCUT2D eigenvalue weighted by molar-refractivity contribution is 5.79. The number of carboxylic acid groups (broad SMARTS) is 2. The van der Waals surface area contributed by atoms with E-state index in [2.05, 4.69) is 10.3 Å². The third-order valence-electron chi connectivity index (χ3n) is 3.00. The highest BCUT2D eigenvalue weighted by Gasteiger charge is 2.17. The average Bonchev–Trinajstić information content (AvgIpc) is 2.84. The summed E-state index contributed by atoms with van der Waals surface area (Å²) in [7, 11) is 0. The summed E-state index contributed by atoms with van der Waals surface area (Å²) in [5, 5.41) is 20.1. The van der Waals surface area contributed by atoms with Gasteiger partial charge in [0, 0.05) is 31.0 Å². The van der Waals surface area contributed by atoms with Crippen LogP contribution >= 0.6 is 0 Å². The second-order valence-corrected chi connectivity index (χ2v) is 5.00. The van der Waals surface area contributed by atoms with E-state index in [-0.39, 0.29) is 30.7 Å². The van der Waals surface area contributed by atoms with Gasteiger partial charge in [-0.3, -0.25) is 9.59 Å². The van der Waals surface area contributed by atoms with E-state index < -0.39 is 12.1 Å². The minimum absolute atomic E-state index is 0.0496. The molecule has 0 saturated heterocycles. The Hall–Kier alpha value is -2.38. The summed E-state index contributed by atoms with van der Waals surface area (Å²) < 4.78 is 0.944. The van der Waals surface area contributed by atoms with Crippen molar-refractivity contribution in [3.63, 3.8) is 0 Å². The van der Waals surface area contributed by atoms with E-state index in [0.29, 0.717) is 12.1 Å². The van der Waals surface area contributed by atoms with E-state index in [1.54, 1.807) is 13.8 Å². The zero-order chi connectivity index (χ0) is 16.0. The fourth-order valence-corrected chi connectivity index (χ4v) is 1.79. The van der Waals surface area contributed by atoms with Crippen molar-refractivity contribution < 1.29 is 24.6 Å².